The smallest absolute Gasteiger partial charge is 0.272 e. The van der Waals surface area contributed by atoms with Gasteiger partial charge in [0.25, 0.3) is 11.6 Å². The zero-order chi connectivity index (χ0) is 13.8. The molecule has 1 amide bonds. The predicted molar refractivity (Wildman–Crippen MR) is 70.0 cm³/mol. The minimum absolute atomic E-state index is 0.0272. The number of carbonyl (C=O) groups is 1. The largest absolute Gasteiger partial charge is 0.322 e. The Morgan fingerprint density at radius 1 is 1.37 bits per heavy atom. The van der Waals surface area contributed by atoms with Crippen LogP contribution in [0.5, 0.6) is 0 Å². The number of carbonyl (C=O) groups excluding carboxylic acids is 1. The second-order valence-corrected chi connectivity index (χ2v) is 3.95. The Balaban J connectivity index is 2.19. The van der Waals surface area contributed by atoms with Crippen LogP contribution < -0.4 is 5.32 Å². The van der Waals surface area contributed by atoms with Gasteiger partial charge in [-0.05, 0) is 31.2 Å². The average Bonchev–Trinajstić information content (AvgIpc) is 2.39. The molecule has 0 atom stereocenters. The minimum atomic E-state index is -0.456. The number of nitro benzene ring substituents is 1. The van der Waals surface area contributed by atoms with Gasteiger partial charge in [0, 0.05) is 29.7 Å². The molecule has 6 nitrogen and oxygen atoms in total. The summed E-state index contributed by atoms with van der Waals surface area (Å²) in [5.74, 6) is -0.304. The fourth-order valence-electron chi connectivity index (χ4n) is 1.64. The van der Waals surface area contributed by atoms with Crippen LogP contribution >= 0.6 is 0 Å². The maximum absolute atomic E-state index is 11.9. The van der Waals surface area contributed by atoms with Gasteiger partial charge in [-0.2, -0.15) is 0 Å². The second kappa shape index (κ2) is 5.26. The van der Waals surface area contributed by atoms with Crippen LogP contribution in [-0.2, 0) is 0 Å². The SMILES string of the molecule is Cc1cc(NC(=O)c2cccnc2)ccc1[N+](=O)[O-]. The lowest BCUT2D eigenvalue weighted by atomic mass is 10.1. The van der Waals surface area contributed by atoms with Crippen molar-refractivity contribution in [2.75, 3.05) is 5.32 Å². The molecule has 1 aromatic heterocycles. The summed E-state index contributed by atoms with van der Waals surface area (Å²) in [5, 5.41) is 13.4. The summed E-state index contributed by atoms with van der Waals surface area (Å²) in [5.41, 5.74) is 1.46. The van der Waals surface area contributed by atoms with Gasteiger partial charge in [-0.3, -0.25) is 19.9 Å². The summed E-state index contributed by atoms with van der Waals surface area (Å²) in [6, 6.07) is 7.73. The molecule has 0 spiro atoms. The molecule has 0 unspecified atom stereocenters. The van der Waals surface area contributed by atoms with E-state index in [1.807, 2.05) is 0 Å². The first-order chi connectivity index (χ1) is 9.08. The van der Waals surface area contributed by atoms with Gasteiger partial charge in [-0.1, -0.05) is 0 Å². The Labute approximate surface area is 109 Å². The average molecular weight is 257 g/mol. The van der Waals surface area contributed by atoms with Crippen molar-refractivity contribution in [3.05, 3.63) is 64.0 Å². The molecule has 0 fully saturated rings. The first-order valence-electron chi connectivity index (χ1n) is 5.54. The van der Waals surface area contributed by atoms with Crippen molar-refractivity contribution in [3.8, 4) is 0 Å². The van der Waals surface area contributed by atoms with Crippen LogP contribution in [0.15, 0.2) is 42.7 Å². The minimum Gasteiger partial charge on any atom is -0.322 e. The molecule has 0 aliphatic heterocycles. The number of amides is 1. The van der Waals surface area contributed by atoms with E-state index >= 15 is 0 Å². The lowest BCUT2D eigenvalue weighted by molar-refractivity contribution is -0.385. The van der Waals surface area contributed by atoms with E-state index in [9.17, 15) is 14.9 Å². The van der Waals surface area contributed by atoms with Gasteiger partial charge in [-0.15, -0.1) is 0 Å². The second-order valence-electron chi connectivity index (χ2n) is 3.95. The molecule has 2 aromatic rings. The third-order valence-electron chi connectivity index (χ3n) is 2.58. The normalized spacial score (nSPS) is 9.95. The monoisotopic (exact) mass is 257 g/mol. The molecule has 1 heterocycles. The van der Waals surface area contributed by atoms with E-state index in [2.05, 4.69) is 10.3 Å². The third kappa shape index (κ3) is 2.92. The number of nitrogens with one attached hydrogen (secondary N) is 1. The number of aromatic nitrogens is 1. The lowest BCUT2D eigenvalue weighted by Gasteiger charge is -2.06. The van der Waals surface area contributed by atoms with E-state index in [4.69, 9.17) is 0 Å². The van der Waals surface area contributed by atoms with E-state index in [-0.39, 0.29) is 11.6 Å². The third-order valence-corrected chi connectivity index (χ3v) is 2.58. The molecule has 6 heteroatoms. The van der Waals surface area contributed by atoms with Crippen LogP contribution in [0.1, 0.15) is 15.9 Å². The van der Waals surface area contributed by atoms with E-state index in [1.54, 1.807) is 31.3 Å². The zero-order valence-electron chi connectivity index (χ0n) is 10.2. The van der Waals surface area contributed by atoms with Crippen molar-refractivity contribution in [1.29, 1.82) is 0 Å². The summed E-state index contributed by atoms with van der Waals surface area (Å²) in [4.78, 5) is 25.9. The standard InChI is InChI=1S/C13H11N3O3/c1-9-7-11(4-5-12(9)16(18)19)15-13(17)10-3-2-6-14-8-10/h2-8H,1H3,(H,15,17). The highest BCUT2D eigenvalue weighted by molar-refractivity contribution is 6.04. The van der Waals surface area contributed by atoms with E-state index in [0.717, 1.165) is 0 Å². The summed E-state index contributed by atoms with van der Waals surface area (Å²) in [6.45, 7) is 1.62. The van der Waals surface area contributed by atoms with Gasteiger partial charge in [0.1, 0.15) is 0 Å². The summed E-state index contributed by atoms with van der Waals surface area (Å²) < 4.78 is 0. The van der Waals surface area contributed by atoms with Crippen LogP contribution in [0, 0.1) is 17.0 Å². The Morgan fingerprint density at radius 3 is 2.74 bits per heavy atom. The molecule has 2 rings (SSSR count). The number of nitro groups is 1. The number of hydrogen-bond donors (Lipinski definition) is 1. The van der Waals surface area contributed by atoms with Crippen LogP contribution in [0.25, 0.3) is 0 Å². The number of rotatable bonds is 3. The Morgan fingerprint density at radius 2 is 2.16 bits per heavy atom. The van der Waals surface area contributed by atoms with E-state index in [0.29, 0.717) is 16.8 Å². The van der Waals surface area contributed by atoms with Crippen LogP contribution in [0.3, 0.4) is 0 Å². The maximum Gasteiger partial charge on any atom is 0.272 e. The fraction of sp³-hybridized carbons (Fsp3) is 0.0769. The molecule has 1 N–H and O–H groups in total. The van der Waals surface area contributed by atoms with Gasteiger partial charge < -0.3 is 5.32 Å². The van der Waals surface area contributed by atoms with Gasteiger partial charge >= 0.3 is 0 Å². The highest BCUT2D eigenvalue weighted by atomic mass is 16.6. The zero-order valence-corrected chi connectivity index (χ0v) is 10.2. The quantitative estimate of drug-likeness (QED) is 0.676. The van der Waals surface area contributed by atoms with Crippen LogP contribution in [0.2, 0.25) is 0 Å². The molecular formula is C13H11N3O3. The number of anilines is 1. The molecule has 0 saturated heterocycles. The van der Waals surface area contributed by atoms with Crippen molar-refractivity contribution in [1.82, 2.24) is 4.98 Å². The molecule has 1 aromatic carbocycles. The Kier molecular flexibility index (Phi) is 3.51. The van der Waals surface area contributed by atoms with E-state index < -0.39 is 4.92 Å². The molecular weight excluding hydrogens is 246 g/mol. The fourth-order valence-corrected chi connectivity index (χ4v) is 1.64. The van der Waals surface area contributed by atoms with E-state index in [1.165, 1.54) is 18.3 Å². The lowest BCUT2D eigenvalue weighted by Crippen LogP contribution is -2.12. The van der Waals surface area contributed by atoms with Crippen molar-refractivity contribution in [3.63, 3.8) is 0 Å². The summed E-state index contributed by atoms with van der Waals surface area (Å²) in [7, 11) is 0. The number of aryl methyl sites for hydroxylation is 1. The molecule has 0 aliphatic rings. The number of hydrogen-bond acceptors (Lipinski definition) is 4. The number of pyridine rings is 1. The van der Waals surface area contributed by atoms with Gasteiger partial charge in [0.15, 0.2) is 0 Å². The molecule has 19 heavy (non-hydrogen) atoms. The van der Waals surface area contributed by atoms with Crippen LogP contribution in [0.4, 0.5) is 11.4 Å². The summed E-state index contributed by atoms with van der Waals surface area (Å²) in [6.07, 6.45) is 3.03. The molecule has 0 aliphatic carbocycles. The molecule has 0 saturated carbocycles. The van der Waals surface area contributed by atoms with Crippen LogP contribution in [-0.4, -0.2) is 15.8 Å². The maximum atomic E-state index is 11.9. The Bertz CT molecular complexity index is 626. The molecule has 0 bridgehead atoms. The first kappa shape index (κ1) is 12.7. The van der Waals surface area contributed by atoms with Crippen molar-refractivity contribution in [2.24, 2.45) is 0 Å². The first-order valence-corrected chi connectivity index (χ1v) is 5.54. The highest BCUT2D eigenvalue weighted by Gasteiger charge is 2.12. The summed E-state index contributed by atoms with van der Waals surface area (Å²) >= 11 is 0. The topological polar surface area (TPSA) is 85.1 Å². The highest BCUT2D eigenvalue weighted by Crippen LogP contribution is 2.21. The Hall–Kier alpha value is -2.76. The van der Waals surface area contributed by atoms with Crippen molar-refractivity contribution < 1.29 is 9.72 Å². The number of nitrogens with zero attached hydrogens (tertiary/aromatic N) is 2. The van der Waals surface area contributed by atoms with Gasteiger partial charge in [0.2, 0.25) is 0 Å². The molecule has 96 valence electrons. The van der Waals surface area contributed by atoms with Crippen molar-refractivity contribution >= 4 is 17.3 Å². The molecule has 0 radical (unpaired) electrons. The number of benzene rings is 1. The van der Waals surface area contributed by atoms with Gasteiger partial charge in [-0.25, -0.2) is 0 Å². The van der Waals surface area contributed by atoms with Gasteiger partial charge in [0.05, 0.1) is 10.5 Å². The van der Waals surface area contributed by atoms with Crippen molar-refractivity contribution in [2.45, 2.75) is 6.92 Å². The predicted octanol–water partition coefficient (Wildman–Crippen LogP) is 2.55.